The molecule has 9 nitrogen and oxygen atoms in total. The Kier molecular flexibility index (Phi) is 8.41. The topological polar surface area (TPSA) is 125 Å². The standard InChI is InChI=1S/C22H23Cl2N3O6S2/c23-11-6-7-13(24)15(8-11)34-10-16(28)26-17-19(29)27-18(21(30)31)14(9-35-20(17)27)25-22(32)33-12-4-2-1-3-5-12/h6-8,12,17,20H,1-5,9-10H2,(H,25,32)(H,26,28)(H,30,31)/t17?,20-/m1/s1. The van der Waals surface area contributed by atoms with E-state index in [0.29, 0.717) is 14.9 Å². The molecule has 2 heterocycles. The molecule has 1 saturated carbocycles. The Hall–Kier alpha value is -2.08. The number of hydrogen-bond donors (Lipinski definition) is 3. The van der Waals surface area contributed by atoms with Crippen molar-refractivity contribution in [3.8, 4) is 0 Å². The SMILES string of the molecule is O=C(CSc1cc(Cl)ccc1Cl)NC1C(=O)N2C(C(=O)O)=C(NC(=O)OC3CCCCC3)CS[C@H]12. The number of thioether (sulfide) groups is 2. The first-order valence-corrected chi connectivity index (χ1v) is 13.8. The van der Waals surface area contributed by atoms with E-state index in [-0.39, 0.29) is 29.0 Å². The van der Waals surface area contributed by atoms with Crippen molar-refractivity contribution in [2.75, 3.05) is 11.5 Å². The number of alkyl carbamates (subject to hydrolysis) is 1. The highest BCUT2D eigenvalue weighted by Crippen LogP contribution is 2.40. The van der Waals surface area contributed by atoms with Crippen molar-refractivity contribution >= 4 is 70.6 Å². The minimum absolute atomic E-state index is 0.00265. The molecule has 4 rings (SSSR count). The molecule has 2 atom stereocenters. The van der Waals surface area contributed by atoms with Crippen LogP contribution in [0, 0.1) is 0 Å². The zero-order valence-corrected chi connectivity index (χ0v) is 21.6. The summed E-state index contributed by atoms with van der Waals surface area (Å²) >= 11 is 14.5. The second kappa shape index (κ2) is 11.3. The van der Waals surface area contributed by atoms with Crippen molar-refractivity contribution in [2.45, 2.75) is 54.5 Å². The monoisotopic (exact) mass is 559 g/mol. The largest absolute Gasteiger partial charge is 0.477 e. The van der Waals surface area contributed by atoms with Crippen LogP contribution in [0.15, 0.2) is 34.5 Å². The third kappa shape index (κ3) is 6.02. The van der Waals surface area contributed by atoms with E-state index in [4.69, 9.17) is 27.9 Å². The van der Waals surface area contributed by atoms with Crippen molar-refractivity contribution < 1.29 is 29.0 Å². The number of halogens is 2. The van der Waals surface area contributed by atoms with Crippen LogP contribution < -0.4 is 10.6 Å². The first-order chi connectivity index (χ1) is 16.7. The number of carboxylic acids is 1. The van der Waals surface area contributed by atoms with Gasteiger partial charge in [-0.2, -0.15) is 0 Å². The third-order valence-corrected chi connectivity index (χ3v) is 8.83. The number of carbonyl (C=O) groups excluding carboxylic acids is 3. The van der Waals surface area contributed by atoms with Gasteiger partial charge in [0, 0.05) is 15.7 Å². The van der Waals surface area contributed by atoms with E-state index < -0.39 is 35.3 Å². The fraction of sp³-hybridized carbons (Fsp3) is 0.455. The summed E-state index contributed by atoms with van der Waals surface area (Å²) in [6, 6.07) is 4.05. The van der Waals surface area contributed by atoms with E-state index in [0.717, 1.165) is 37.0 Å². The van der Waals surface area contributed by atoms with Crippen molar-refractivity contribution in [3.05, 3.63) is 39.6 Å². The number of amides is 3. The van der Waals surface area contributed by atoms with Gasteiger partial charge in [0.25, 0.3) is 5.91 Å². The summed E-state index contributed by atoms with van der Waals surface area (Å²) in [4.78, 5) is 51.3. The predicted octanol–water partition coefficient (Wildman–Crippen LogP) is 3.84. The van der Waals surface area contributed by atoms with E-state index in [2.05, 4.69) is 10.6 Å². The lowest BCUT2D eigenvalue weighted by molar-refractivity contribution is -0.150. The number of carbonyl (C=O) groups is 4. The van der Waals surface area contributed by atoms with Crippen LogP contribution in [0.3, 0.4) is 0 Å². The molecule has 3 N–H and O–H groups in total. The molecule has 35 heavy (non-hydrogen) atoms. The molecule has 3 amide bonds. The van der Waals surface area contributed by atoms with E-state index in [9.17, 15) is 24.3 Å². The summed E-state index contributed by atoms with van der Waals surface area (Å²) in [5, 5.41) is 15.3. The van der Waals surface area contributed by atoms with E-state index in [1.165, 1.54) is 23.5 Å². The molecule has 0 bridgehead atoms. The van der Waals surface area contributed by atoms with Gasteiger partial charge < -0.3 is 15.2 Å². The molecular formula is C22H23Cl2N3O6S2. The van der Waals surface area contributed by atoms with Gasteiger partial charge in [0.05, 0.1) is 16.5 Å². The Morgan fingerprint density at radius 2 is 1.94 bits per heavy atom. The molecule has 0 spiro atoms. The molecule has 1 saturated heterocycles. The van der Waals surface area contributed by atoms with E-state index >= 15 is 0 Å². The van der Waals surface area contributed by atoms with Crippen molar-refractivity contribution in [1.82, 2.24) is 15.5 Å². The molecule has 0 aromatic heterocycles. The quantitative estimate of drug-likeness (QED) is 0.340. The van der Waals surface area contributed by atoms with Crippen LogP contribution in [0.2, 0.25) is 10.0 Å². The van der Waals surface area contributed by atoms with Gasteiger partial charge in [-0.25, -0.2) is 9.59 Å². The fourth-order valence-corrected chi connectivity index (χ4v) is 6.73. The van der Waals surface area contributed by atoms with Gasteiger partial charge in [0.1, 0.15) is 17.5 Å². The van der Waals surface area contributed by atoms with Crippen LogP contribution in [0.25, 0.3) is 0 Å². The van der Waals surface area contributed by atoms with Gasteiger partial charge in [0.15, 0.2) is 5.70 Å². The van der Waals surface area contributed by atoms with Crippen molar-refractivity contribution in [1.29, 1.82) is 0 Å². The summed E-state index contributed by atoms with van der Waals surface area (Å²) in [6.45, 7) is 0. The predicted molar refractivity (Wildman–Crippen MR) is 133 cm³/mol. The number of aliphatic carboxylic acids is 1. The molecule has 1 unspecified atom stereocenters. The van der Waals surface area contributed by atoms with Gasteiger partial charge in [-0.3, -0.25) is 19.8 Å². The summed E-state index contributed by atoms with van der Waals surface area (Å²) < 4.78 is 5.42. The molecule has 188 valence electrons. The minimum Gasteiger partial charge on any atom is -0.477 e. The van der Waals surface area contributed by atoms with Gasteiger partial charge in [-0.15, -0.1) is 23.5 Å². The number of benzene rings is 1. The number of fused-ring (bicyclic) bond motifs is 1. The normalized spacial score (nSPS) is 22.2. The van der Waals surface area contributed by atoms with Crippen LogP contribution in [-0.4, -0.2) is 62.9 Å². The molecule has 0 radical (unpaired) electrons. The van der Waals surface area contributed by atoms with Crippen LogP contribution in [0.5, 0.6) is 0 Å². The number of nitrogens with zero attached hydrogens (tertiary/aromatic N) is 1. The molecule has 13 heteroatoms. The molecule has 1 aliphatic carbocycles. The maximum absolute atomic E-state index is 12.8. The van der Waals surface area contributed by atoms with Crippen LogP contribution in [0.1, 0.15) is 32.1 Å². The van der Waals surface area contributed by atoms with Gasteiger partial charge >= 0.3 is 12.1 Å². The number of carboxylic acid groups (broad SMARTS) is 1. The summed E-state index contributed by atoms with van der Waals surface area (Å²) in [7, 11) is 0. The number of β-lactam (4-membered cyclic amide) rings is 1. The Bertz CT molecular complexity index is 1080. The van der Waals surface area contributed by atoms with Gasteiger partial charge in [0.2, 0.25) is 5.91 Å². The van der Waals surface area contributed by atoms with Gasteiger partial charge in [-0.05, 0) is 43.9 Å². The molecular weight excluding hydrogens is 537 g/mol. The van der Waals surface area contributed by atoms with Crippen LogP contribution in [-0.2, 0) is 19.1 Å². The molecule has 2 aliphatic heterocycles. The van der Waals surface area contributed by atoms with E-state index in [1.54, 1.807) is 18.2 Å². The highest BCUT2D eigenvalue weighted by Gasteiger charge is 2.54. The number of nitrogens with one attached hydrogen (secondary N) is 2. The maximum atomic E-state index is 12.8. The zero-order valence-electron chi connectivity index (χ0n) is 18.4. The Balaban J connectivity index is 1.36. The molecule has 2 fully saturated rings. The highest BCUT2D eigenvalue weighted by atomic mass is 35.5. The average Bonchev–Trinajstić information content (AvgIpc) is 2.83. The maximum Gasteiger partial charge on any atom is 0.411 e. The second-order valence-corrected chi connectivity index (χ2v) is 11.2. The zero-order chi connectivity index (χ0) is 25.1. The Labute approximate surface area is 220 Å². The Morgan fingerprint density at radius 1 is 1.20 bits per heavy atom. The summed E-state index contributed by atoms with van der Waals surface area (Å²) in [6.07, 6.45) is 3.73. The average molecular weight is 560 g/mol. The fourth-order valence-electron chi connectivity index (χ4n) is 4.15. The number of ether oxygens (including phenoxy) is 1. The van der Waals surface area contributed by atoms with E-state index in [1.807, 2.05) is 0 Å². The lowest BCUT2D eigenvalue weighted by Gasteiger charge is -2.49. The van der Waals surface area contributed by atoms with Crippen LogP contribution in [0.4, 0.5) is 4.79 Å². The van der Waals surface area contributed by atoms with Crippen molar-refractivity contribution in [2.24, 2.45) is 0 Å². The minimum atomic E-state index is -1.34. The lowest BCUT2D eigenvalue weighted by Crippen LogP contribution is -2.71. The Morgan fingerprint density at radius 3 is 2.66 bits per heavy atom. The molecule has 1 aromatic carbocycles. The van der Waals surface area contributed by atoms with Crippen molar-refractivity contribution in [3.63, 3.8) is 0 Å². The number of hydrogen-bond acceptors (Lipinski definition) is 7. The third-order valence-electron chi connectivity index (χ3n) is 5.82. The highest BCUT2D eigenvalue weighted by molar-refractivity contribution is 8.00. The van der Waals surface area contributed by atoms with Gasteiger partial charge in [-0.1, -0.05) is 29.6 Å². The van der Waals surface area contributed by atoms with Crippen LogP contribution >= 0.6 is 46.7 Å². The first-order valence-electron chi connectivity index (χ1n) is 11.0. The smallest absolute Gasteiger partial charge is 0.411 e. The number of rotatable bonds is 7. The first kappa shape index (κ1) is 26.0. The summed E-state index contributed by atoms with van der Waals surface area (Å²) in [5.41, 5.74) is -0.200. The molecule has 3 aliphatic rings. The molecule has 1 aromatic rings. The summed E-state index contributed by atoms with van der Waals surface area (Å²) in [5.74, 6) is -2.14. The lowest BCUT2D eigenvalue weighted by atomic mass is 9.98. The second-order valence-electron chi connectivity index (χ2n) is 8.24.